The smallest absolute Gasteiger partial charge is 0.266 e. The van der Waals surface area contributed by atoms with Crippen LogP contribution in [-0.2, 0) is 11.3 Å². The third-order valence-electron chi connectivity index (χ3n) is 3.90. The standard InChI is InChI=1S/C20H20N4O2/c1-15-5-2-7-17(13-15)22-19(25)8-4-12-24-20(26)10-9-18(23-24)16-6-3-11-21-14-16/h2-3,5-7,9-11,13-14H,4,8,12H2,1H3,(H,22,25). The van der Waals surface area contributed by atoms with Crippen molar-refractivity contribution in [2.75, 3.05) is 5.32 Å². The van der Waals surface area contributed by atoms with E-state index in [1.165, 1.54) is 10.7 Å². The molecule has 0 radical (unpaired) electrons. The lowest BCUT2D eigenvalue weighted by molar-refractivity contribution is -0.116. The summed E-state index contributed by atoms with van der Waals surface area (Å²) in [7, 11) is 0. The second kappa shape index (κ2) is 8.20. The number of benzene rings is 1. The Morgan fingerprint density at radius 1 is 1.15 bits per heavy atom. The van der Waals surface area contributed by atoms with E-state index >= 15 is 0 Å². The molecule has 0 unspecified atom stereocenters. The van der Waals surface area contributed by atoms with Gasteiger partial charge in [0.2, 0.25) is 5.91 Å². The van der Waals surface area contributed by atoms with Crippen molar-refractivity contribution in [3.8, 4) is 11.3 Å². The predicted molar refractivity (Wildman–Crippen MR) is 101 cm³/mol. The number of rotatable bonds is 6. The third-order valence-corrected chi connectivity index (χ3v) is 3.90. The fourth-order valence-electron chi connectivity index (χ4n) is 2.61. The molecule has 0 bridgehead atoms. The fourth-order valence-corrected chi connectivity index (χ4v) is 2.61. The number of anilines is 1. The zero-order chi connectivity index (χ0) is 18.4. The first-order valence-corrected chi connectivity index (χ1v) is 8.47. The summed E-state index contributed by atoms with van der Waals surface area (Å²) in [6.07, 6.45) is 4.24. The maximum absolute atomic E-state index is 12.1. The van der Waals surface area contributed by atoms with Crippen molar-refractivity contribution in [3.05, 3.63) is 76.8 Å². The number of nitrogens with one attached hydrogen (secondary N) is 1. The van der Waals surface area contributed by atoms with Crippen molar-refractivity contribution in [1.82, 2.24) is 14.8 Å². The Morgan fingerprint density at radius 3 is 2.81 bits per heavy atom. The van der Waals surface area contributed by atoms with Crippen LogP contribution in [0.4, 0.5) is 5.69 Å². The first-order chi connectivity index (χ1) is 12.6. The van der Waals surface area contributed by atoms with Gasteiger partial charge in [-0.25, -0.2) is 4.68 Å². The second-order valence-corrected chi connectivity index (χ2v) is 6.04. The maximum atomic E-state index is 12.1. The third kappa shape index (κ3) is 4.63. The van der Waals surface area contributed by atoms with Gasteiger partial charge in [-0.2, -0.15) is 5.10 Å². The first-order valence-electron chi connectivity index (χ1n) is 8.47. The number of aromatic nitrogens is 3. The molecule has 0 aliphatic heterocycles. The van der Waals surface area contributed by atoms with Gasteiger partial charge < -0.3 is 5.32 Å². The average Bonchev–Trinajstić information content (AvgIpc) is 2.64. The van der Waals surface area contributed by atoms with Crippen molar-refractivity contribution in [3.63, 3.8) is 0 Å². The number of nitrogens with zero attached hydrogens (tertiary/aromatic N) is 3. The SMILES string of the molecule is Cc1cccc(NC(=O)CCCn2nc(-c3cccnc3)ccc2=O)c1. The summed E-state index contributed by atoms with van der Waals surface area (Å²) in [5.74, 6) is -0.0768. The van der Waals surface area contributed by atoms with Crippen LogP contribution in [0, 0.1) is 6.92 Å². The monoisotopic (exact) mass is 348 g/mol. The van der Waals surface area contributed by atoms with Gasteiger partial charge in [-0.3, -0.25) is 14.6 Å². The summed E-state index contributed by atoms with van der Waals surface area (Å²) in [4.78, 5) is 28.1. The lowest BCUT2D eigenvalue weighted by Gasteiger charge is -2.08. The van der Waals surface area contributed by atoms with Crippen LogP contribution in [0.2, 0.25) is 0 Å². The molecular weight excluding hydrogens is 328 g/mol. The normalized spacial score (nSPS) is 10.5. The zero-order valence-electron chi connectivity index (χ0n) is 14.6. The fraction of sp³-hybridized carbons (Fsp3) is 0.200. The lowest BCUT2D eigenvalue weighted by atomic mass is 10.2. The number of carbonyl (C=O) groups is 1. The van der Waals surface area contributed by atoms with Gasteiger partial charge in [0.15, 0.2) is 0 Å². The largest absolute Gasteiger partial charge is 0.326 e. The van der Waals surface area contributed by atoms with Gasteiger partial charge in [-0.05, 0) is 49.2 Å². The molecule has 0 saturated heterocycles. The summed E-state index contributed by atoms with van der Waals surface area (Å²) >= 11 is 0. The van der Waals surface area contributed by atoms with Gasteiger partial charge in [0.1, 0.15) is 0 Å². The van der Waals surface area contributed by atoms with E-state index in [-0.39, 0.29) is 11.5 Å². The highest BCUT2D eigenvalue weighted by Gasteiger charge is 2.06. The Hall–Kier alpha value is -3.28. The van der Waals surface area contributed by atoms with E-state index in [0.717, 1.165) is 16.8 Å². The Balaban J connectivity index is 1.59. The molecule has 132 valence electrons. The van der Waals surface area contributed by atoms with Crippen molar-refractivity contribution in [1.29, 1.82) is 0 Å². The summed E-state index contributed by atoms with van der Waals surface area (Å²) < 4.78 is 1.39. The van der Waals surface area contributed by atoms with Gasteiger partial charge in [-0.1, -0.05) is 12.1 Å². The predicted octanol–water partition coefficient (Wildman–Crippen LogP) is 3.03. The van der Waals surface area contributed by atoms with Crippen LogP contribution < -0.4 is 10.9 Å². The van der Waals surface area contributed by atoms with Crippen molar-refractivity contribution < 1.29 is 4.79 Å². The zero-order valence-corrected chi connectivity index (χ0v) is 14.6. The Morgan fingerprint density at radius 2 is 2.04 bits per heavy atom. The Labute approximate surface area is 151 Å². The van der Waals surface area contributed by atoms with Gasteiger partial charge in [0, 0.05) is 42.7 Å². The van der Waals surface area contributed by atoms with E-state index in [2.05, 4.69) is 15.4 Å². The molecule has 26 heavy (non-hydrogen) atoms. The topological polar surface area (TPSA) is 76.9 Å². The highest BCUT2D eigenvalue weighted by atomic mass is 16.1. The number of pyridine rings is 1. The van der Waals surface area contributed by atoms with Crippen LogP contribution in [0.3, 0.4) is 0 Å². The number of amides is 1. The lowest BCUT2D eigenvalue weighted by Crippen LogP contribution is -2.23. The minimum atomic E-state index is -0.184. The van der Waals surface area contributed by atoms with Crippen molar-refractivity contribution in [2.24, 2.45) is 0 Å². The highest BCUT2D eigenvalue weighted by Crippen LogP contribution is 2.13. The molecule has 0 saturated carbocycles. The molecule has 2 heterocycles. The highest BCUT2D eigenvalue weighted by molar-refractivity contribution is 5.90. The molecule has 1 N–H and O–H groups in total. The molecule has 0 fully saturated rings. The summed E-state index contributed by atoms with van der Waals surface area (Å²) in [5, 5.41) is 7.23. The summed E-state index contributed by atoms with van der Waals surface area (Å²) in [6.45, 7) is 2.36. The maximum Gasteiger partial charge on any atom is 0.266 e. The molecule has 0 spiro atoms. The van der Waals surface area contributed by atoms with E-state index in [1.807, 2.05) is 43.3 Å². The molecule has 3 aromatic rings. The molecular formula is C20H20N4O2. The van der Waals surface area contributed by atoms with E-state index in [4.69, 9.17) is 0 Å². The van der Waals surface area contributed by atoms with Gasteiger partial charge in [-0.15, -0.1) is 0 Å². The molecule has 6 nitrogen and oxygen atoms in total. The van der Waals surface area contributed by atoms with Gasteiger partial charge >= 0.3 is 0 Å². The molecule has 0 aliphatic rings. The Bertz CT molecular complexity index is 951. The first kappa shape index (κ1) is 17.5. The van der Waals surface area contributed by atoms with E-state index < -0.39 is 0 Å². The van der Waals surface area contributed by atoms with E-state index in [9.17, 15) is 9.59 Å². The number of hydrogen-bond donors (Lipinski definition) is 1. The number of carbonyl (C=O) groups excluding carboxylic acids is 1. The second-order valence-electron chi connectivity index (χ2n) is 6.04. The average molecular weight is 348 g/mol. The molecule has 1 amide bonds. The van der Waals surface area contributed by atoms with Crippen LogP contribution in [0.5, 0.6) is 0 Å². The van der Waals surface area contributed by atoms with Gasteiger partial charge in [0.05, 0.1) is 5.69 Å². The van der Waals surface area contributed by atoms with Gasteiger partial charge in [0.25, 0.3) is 5.56 Å². The Kier molecular flexibility index (Phi) is 5.53. The molecule has 0 atom stereocenters. The number of aryl methyl sites for hydroxylation is 2. The van der Waals surface area contributed by atoms with E-state index in [1.54, 1.807) is 18.5 Å². The summed E-state index contributed by atoms with van der Waals surface area (Å²) in [6, 6.07) is 14.5. The van der Waals surface area contributed by atoms with Crippen LogP contribution in [0.15, 0.2) is 65.7 Å². The van der Waals surface area contributed by atoms with Crippen LogP contribution in [-0.4, -0.2) is 20.7 Å². The van der Waals surface area contributed by atoms with Crippen LogP contribution in [0.25, 0.3) is 11.3 Å². The molecule has 1 aromatic carbocycles. The van der Waals surface area contributed by atoms with Crippen LogP contribution in [0.1, 0.15) is 18.4 Å². The number of hydrogen-bond acceptors (Lipinski definition) is 4. The minimum Gasteiger partial charge on any atom is -0.326 e. The van der Waals surface area contributed by atoms with E-state index in [0.29, 0.717) is 25.1 Å². The van der Waals surface area contributed by atoms with Crippen molar-refractivity contribution >= 4 is 11.6 Å². The summed E-state index contributed by atoms with van der Waals surface area (Å²) in [5.41, 5.74) is 3.21. The molecule has 2 aromatic heterocycles. The molecule has 6 heteroatoms. The quantitative estimate of drug-likeness (QED) is 0.743. The molecule has 3 rings (SSSR count). The molecule has 0 aliphatic carbocycles. The van der Waals surface area contributed by atoms with Crippen LogP contribution >= 0.6 is 0 Å². The van der Waals surface area contributed by atoms with Crippen molar-refractivity contribution in [2.45, 2.75) is 26.3 Å². The minimum absolute atomic E-state index is 0.0768.